The summed E-state index contributed by atoms with van der Waals surface area (Å²) in [6.07, 6.45) is 2.61. The molecule has 1 aliphatic heterocycles. The molecule has 1 aliphatic rings. The number of benzene rings is 2. The summed E-state index contributed by atoms with van der Waals surface area (Å²) in [5.74, 6) is 0.150. The first-order chi connectivity index (χ1) is 12.0. The number of nitrogens with one attached hydrogen (secondary N) is 1. The summed E-state index contributed by atoms with van der Waals surface area (Å²) in [5, 5.41) is 15.1. The van der Waals surface area contributed by atoms with Crippen LogP contribution in [0.1, 0.15) is 16.7 Å². The Morgan fingerprint density at radius 2 is 1.72 bits per heavy atom. The first-order valence-electron chi connectivity index (χ1n) is 8.30. The van der Waals surface area contributed by atoms with E-state index in [1.807, 2.05) is 30.3 Å². The molecule has 0 fully saturated rings. The molecule has 2 aromatic rings. The number of halogens is 2. The highest BCUT2D eigenvalue weighted by atomic mass is 35.5. The zero-order chi connectivity index (χ0) is 17.8. The van der Waals surface area contributed by atoms with Crippen molar-refractivity contribution in [2.24, 2.45) is 0 Å². The molecule has 0 atom stereocenters. The van der Waals surface area contributed by atoms with Crippen LogP contribution in [0.3, 0.4) is 0 Å². The van der Waals surface area contributed by atoms with Crippen LogP contribution in [0.15, 0.2) is 36.4 Å². The number of nitrogens with zero attached hydrogens (tertiary/aromatic N) is 1. The van der Waals surface area contributed by atoms with Crippen LogP contribution in [-0.2, 0) is 19.3 Å². The van der Waals surface area contributed by atoms with Gasteiger partial charge in [0.15, 0.2) is 5.11 Å². The smallest absolute Gasteiger partial charge is 0.168 e. The fourth-order valence-corrected chi connectivity index (χ4v) is 3.61. The van der Waals surface area contributed by atoms with Crippen molar-refractivity contribution in [3.05, 3.63) is 63.1 Å². The molecule has 0 amide bonds. The summed E-state index contributed by atoms with van der Waals surface area (Å²) in [5.41, 5.74) is 3.57. The zero-order valence-electron chi connectivity index (χ0n) is 13.8. The summed E-state index contributed by atoms with van der Waals surface area (Å²) in [7, 11) is 0. The summed E-state index contributed by atoms with van der Waals surface area (Å²) in [6.45, 7) is 2.47. The summed E-state index contributed by atoms with van der Waals surface area (Å²) >= 11 is 17.5. The fourth-order valence-electron chi connectivity index (χ4n) is 3.01. The summed E-state index contributed by atoms with van der Waals surface area (Å²) < 4.78 is 0. The number of phenolic OH excluding ortho intramolecular Hbond substituents is 1. The molecular formula is C19H20Cl2N2OS. The molecule has 0 spiro atoms. The molecule has 0 unspecified atom stereocenters. The van der Waals surface area contributed by atoms with Gasteiger partial charge in [-0.1, -0.05) is 35.3 Å². The minimum absolute atomic E-state index is 0.150. The molecule has 0 aliphatic carbocycles. The van der Waals surface area contributed by atoms with Crippen molar-refractivity contribution in [2.45, 2.75) is 19.3 Å². The van der Waals surface area contributed by atoms with Crippen molar-refractivity contribution in [1.29, 1.82) is 0 Å². The first kappa shape index (κ1) is 18.3. The van der Waals surface area contributed by atoms with Gasteiger partial charge >= 0.3 is 0 Å². The third-order valence-electron chi connectivity index (χ3n) is 4.46. The van der Waals surface area contributed by atoms with Crippen LogP contribution in [-0.4, -0.2) is 34.8 Å². The molecule has 6 heteroatoms. The standard InChI is InChI=1S/C19H20Cl2N2OS/c20-16-3-1-13(2-4-16)5-8-22-19(25)23-9-6-14-11-17(21)18(24)12-15(14)7-10-23/h1-4,11-12,24H,5-10H2,(H,22,25). The Hall–Kier alpha value is -1.49. The van der Waals surface area contributed by atoms with Gasteiger partial charge in [0.25, 0.3) is 0 Å². The SMILES string of the molecule is Oc1cc2c(cc1Cl)CCN(C(=S)NCCc1ccc(Cl)cc1)CC2. The van der Waals surface area contributed by atoms with Crippen molar-refractivity contribution in [1.82, 2.24) is 10.2 Å². The van der Waals surface area contributed by atoms with E-state index in [-0.39, 0.29) is 5.75 Å². The number of hydrogen-bond donors (Lipinski definition) is 2. The van der Waals surface area contributed by atoms with Crippen molar-refractivity contribution in [2.75, 3.05) is 19.6 Å². The fraction of sp³-hybridized carbons (Fsp3) is 0.316. The van der Waals surface area contributed by atoms with Gasteiger partial charge in [-0.3, -0.25) is 0 Å². The molecule has 132 valence electrons. The van der Waals surface area contributed by atoms with Crippen molar-refractivity contribution >= 4 is 40.5 Å². The second-order valence-electron chi connectivity index (χ2n) is 6.17. The highest BCUT2D eigenvalue weighted by Gasteiger charge is 2.17. The van der Waals surface area contributed by atoms with Gasteiger partial charge in [-0.15, -0.1) is 0 Å². The Balaban J connectivity index is 1.52. The second kappa shape index (κ2) is 8.26. The Bertz CT molecular complexity index is 732. The predicted octanol–water partition coefficient (Wildman–Crippen LogP) is 4.22. The van der Waals surface area contributed by atoms with E-state index in [2.05, 4.69) is 10.2 Å². The maximum absolute atomic E-state index is 9.79. The third kappa shape index (κ3) is 4.78. The summed E-state index contributed by atoms with van der Waals surface area (Å²) in [4.78, 5) is 2.18. The van der Waals surface area contributed by atoms with Crippen LogP contribution in [0.25, 0.3) is 0 Å². The van der Waals surface area contributed by atoms with E-state index in [1.54, 1.807) is 6.07 Å². The third-order valence-corrected chi connectivity index (χ3v) is 5.42. The van der Waals surface area contributed by atoms with Crippen LogP contribution >= 0.6 is 35.4 Å². The van der Waals surface area contributed by atoms with E-state index in [9.17, 15) is 5.11 Å². The number of phenols is 1. The molecule has 2 N–H and O–H groups in total. The average Bonchev–Trinajstić information content (AvgIpc) is 2.79. The normalized spacial score (nSPS) is 13.9. The van der Waals surface area contributed by atoms with Crippen LogP contribution in [0.4, 0.5) is 0 Å². The van der Waals surface area contributed by atoms with Gasteiger partial charge in [0.2, 0.25) is 0 Å². The lowest BCUT2D eigenvalue weighted by molar-refractivity contribution is 0.431. The Kier molecular flexibility index (Phi) is 6.05. The molecular weight excluding hydrogens is 375 g/mol. The molecule has 3 nitrogen and oxygen atoms in total. The second-order valence-corrected chi connectivity index (χ2v) is 7.40. The van der Waals surface area contributed by atoms with E-state index >= 15 is 0 Å². The lowest BCUT2D eigenvalue weighted by atomic mass is 10.0. The van der Waals surface area contributed by atoms with Crippen molar-refractivity contribution in [3.63, 3.8) is 0 Å². The topological polar surface area (TPSA) is 35.5 Å². The molecule has 0 saturated heterocycles. The van der Waals surface area contributed by atoms with Crippen LogP contribution < -0.4 is 5.32 Å². The van der Waals surface area contributed by atoms with E-state index in [0.29, 0.717) is 5.02 Å². The largest absolute Gasteiger partial charge is 0.506 e. The highest BCUT2D eigenvalue weighted by Crippen LogP contribution is 2.29. The van der Waals surface area contributed by atoms with E-state index in [1.165, 1.54) is 11.1 Å². The Labute approximate surface area is 163 Å². The van der Waals surface area contributed by atoms with Gasteiger partial charge in [-0.05, 0) is 72.4 Å². The number of hydrogen-bond acceptors (Lipinski definition) is 2. The van der Waals surface area contributed by atoms with Gasteiger partial charge in [0, 0.05) is 24.7 Å². The zero-order valence-corrected chi connectivity index (χ0v) is 16.1. The average molecular weight is 395 g/mol. The quantitative estimate of drug-likeness (QED) is 0.763. The number of rotatable bonds is 3. The lowest BCUT2D eigenvalue weighted by Crippen LogP contribution is -2.41. The Morgan fingerprint density at radius 1 is 1.08 bits per heavy atom. The van der Waals surface area contributed by atoms with Gasteiger partial charge in [0.05, 0.1) is 5.02 Å². The van der Waals surface area contributed by atoms with Crippen molar-refractivity contribution in [3.8, 4) is 5.75 Å². The van der Waals surface area contributed by atoms with Gasteiger partial charge in [0.1, 0.15) is 5.75 Å². The van der Waals surface area contributed by atoms with E-state index < -0.39 is 0 Å². The van der Waals surface area contributed by atoms with Gasteiger partial charge in [-0.2, -0.15) is 0 Å². The number of aromatic hydroxyl groups is 1. The van der Waals surface area contributed by atoms with Crippen LogP contribution in [0.5, 0.6) is 5.75 Å². The Morgan fingerprint density at radius 3 is 2.40 bits per heavy atom. The molecule has 0 bridgehead atoms. The molecule has 0 saturated carbocycles. The van der Waals surface area contributed by atoms with Gasteiger partial charge in [-0.25, -0.2) is 0 Å². The molecule has 2 aromatic carbocycles. The molecule has 0 radical (unpaired) electrons. The first-order valence-corrected chi connectivity index (χ1v) is 9.47. The molecule has 25 heavy (non-hydrogen) atoms. The monoisotopic (exact) mass is 394 g/mol. The lowest BCUT2D eigenvalue weighted by Gasteiger charge is -2.24. The van der Waals surface area contributed by atoms with Crippen molar-refractivity contribution < 1.29 is 5.11 Å². The minimum Gasteiger partial charge on any atom is -0.506 e. The minimum atomic E-state index is 0.150. The number of fused-ring (bicyclic) bond motifs is 1. The molecule has 1 heterocycles. The maximum atomic E-state index is 9.79. The summed E-state index contributed by atoms with van der Waals surface area (Å²) in [6, 6.07) is 11.5. The highest BCUT2D eigenvalue weighted by molar-refractivity contribution is 7.80. The molecule has 3 rings (SSSR count). The van der Waals surface area contributed by atoms with Crippen LogP contribution in [0.2, 0.25) is 10.0 Å². The van der Waals surface area contributed by atoms with Gasteiger partial charge < -0.3 is 15.3 Å². The van der Waals surface area contributed by atoms with Crippen LogP contribution in [0, 0.1) is 0 Å². The van der Waals surface area contributed by atoms with E-state index in [0.717, 1.165) is 54.6 Å². The predicted molar refractivity (Wildman–Crippen MR) is 108 cm³/mol. The number of thiocarbonyl (C=S) groups is 1. The van der Waals surface area contributed by atoms with E-state index in [4.69, 9.17) is 35.4 Å². The molecule has 0 aromatic heterocycles. The maximum Gasteiger partial charge on any atom is 0.168 e.